The highest BCUT2D eigenvalue weighted by molar-refractivity contribution is 7.91. The number of halogens is 1. The third-order valence-corrected chi connectivity index (χ3v) is 8.88. The standard InChI is InChI=1S/C20H27FN2O2S2/c1-14(2)27(24,25)13-16-5-3-15(4-6-16)7-12-19-22-23-20(26-19)17-8-10-18(21)11-9-17/h8-11,14-16H,3-7,12-13H2,1-2H3. The second-order valence-corrected chi connectivity index (χ2v) is 11.5. The summed E-state index contributed by atoms with van der Waals surface area (Å²) in [7, 11) is -2.94. The van der Waals surface area contributed by atoms with E-state index in [9.17, 15) is 12.8 Å². The molecule has 1 heterocycles. The number of sulfone groups is 1. The van der Waals surface area contributed by atoms with Crippen molar-refractivity contribution < 1.29 is 12.8 Å². The smallest absolute Gasteiger partial charge is 0.152 e. The van der Waals surface area contributed by atoms with Crippen molar-refractivity contribution >= 4 is 21.2 Å². The molecule has 0 aliphatic heterocycles. The summed E-state index contributed by atoms with van der Waals surface area (Å²) in [5.41, 5.74) is 0.895. The summed E-state index contributed by atoms with van der Waals surface area (Å²) in [6.07, 6.45) is 6.19. The molecule has 0 bridgehead atoms. The fourth-order valence-corrected chi connectivity index (χ4v) is 5.83. The maximum absolute atomic E-state index is 13.0. The van der Waals surface area contributed by atoms with Crippen molar-refractivity contribution in [1.29, 1.82) is 0 Å². The van der Waals surface area contributed by atoms with E-state index in [2.05, 4.69) is 10.2 Å². The molecule has 0 radical (unpaired) electrons. The fourth-order valence-electron chi connectivity index (χ4n) is 3.60. The molecular formula is C20H27FN2O2S2. The number of aromatic nitrogens is 2. The Morgan fingerprint density at radius 2 is 1.70 bits per heavy atom. The molecule has 0 saturated heterocycles. The van der Waals surface area contributed by atoms with Crippen molar-refractivity contribution in [2.45, 2.75) is 57.6 Å². The van der Waals surface area contributed by atoms with Gasteiger partial charge in [0.25, 0.3) is 0 Å². The van der Waals surface area contributed by atoms with E-state index in [4.69, 9.17) is 0 Å². The highest BCUT2D eigenvalue weighted by atomic mass is 32.2. The van der Waals surface area contributed by atoms with Gasteiger partial charge in [-0.3, -0.25) is 0 Å². The van der Waals surface area contributed by atoms with Gasteiger partial charge < -0.3 is 0 Å². The number of nitrogens with zero attached hydrogens (tertiary/aromatic N) is 2. The van der Waals surface area contributed by atoms with Crippen LogP contribution in [-0.2, 0) is 16.3 Å². The van der Waals surface area contributed by atoms with Crippen LogP contribution in [0.2, 0.25) is 0 Å². The Morgan fingerprint density at radius 3 is 2.33 bits per heavy atom. The molecule has 0 spiro atoms. The van der Waals surface area contributed by atoms with Crippen LogP contribution >= 0.6 is 11.3 Å². The van der Waals surface area contributed by atoms with Crippen molar-refractivity contribution in [3.8, 4) is 10.6 Å². The Hall–Kier alpha value is -1.34. The first kappa shape index (κ1) is 20.4. The van der Waals surface area contributed by atoms with Crippen LogP contribution in [0.25, 0.3) is 10.6 Å². The van der Waals surface area contributed by atoms with Crippen LogP contribution in [0.5, 0.6) is 0 Å². The molecule has 0 unspecified atom stereocenters. The van der Waals surface area contributed by atoms with Crippen molar-refractivity contribution in [3.63, 3.8) is 0 Å². The quantitative estimate of drug-likeness (QED) is 0.651. The van der Waals surface area contributed by atoms with Gasteiger partial charge in [0.05, 0.1) is 11.0 Å². The van der Waals surface area contributed by atoms with E-state index in [0.717, 1.165) is 54.1 Å². The van der Waals surface area contributed by atoms with Gasteiger partial charge in [-0.2, -0.15) is 0 Å². The number of aryl methyl sites for hydroxylation is 1. The Morgan fingerprint density at radius 1 is 1.07 bits per heavy atom. The maximum atomic E-state index is 13.0. The molecule has 0 atom stereocenters. The number of hydrogen-bond acceptors (Lipinski definition) is 5. The molecule has 1 aliphatic rings. The molecule has 1 aromatic heterocycles. The lowest BCUT2D eigenvalue weighted by molar-refractivity contribution is 0.278. The van der Waals surface area contributed by atoms with Gasteiger partial charge in [0.15, 0.2) is 9.84 Å². The van der Waals surface area contributed by atoms with Gasteiger partial charge in [-0.25, -0.2) is 12.8 Å². The summed E-state index contributed by atoms with van der Waals surface area (Å²) in [5, 5.41) is 10.1. The van der Waals surface area contributed by atoms with Gasteiger partial charge >= 0.3 is 0 Å². The van der Waals surface area contributed by atoms with Gasteiger partial charge in [-0.05, 0) is 69.2 Å². The summed E-state index contributed by atoms with van der Waals surface area (Å²) in [6.45, 7) is 3.53. The van der Waals surface area contributed by atoms with E-state index in [1.165, 1.54) is 12.1 Å². The first-order chi connectivity index (χ1) is 12.8. The molecule has 3 rings (SSSR count). The molecule has 1 fully saturated rings. The maximum Gasteiger partial charge on any atom is 0.152 e. The average Bonchev–Trinajstić information content (AvgIpc) is 3.10. The Bertz CT molecular complexity index is 839. The topological polar surface area (TPSA) is 59.9 Å². The molecule has 2 aromatic rings. The average molecular weight is 411 g/mol. The van der Waals surface area contributed by atoms with E-state index in [-0.39, 0.29) is 11.1 Å². The molecule has 7 heteroatoms. The van der Waals surface area contributed by atoms with Crippen molar-refractivity contribution in [2.24, 2.45) is 11.8 Å². The van der Waals surface area contributed by atoms with E-state index >= 15 is 0 Å². The lowest BCUT2D eigenvalue weighted by Crippen LogP contribution is -2.26. The molecule has 4 nitrogen and oxygen atoms in total. The zero-order chi connectivity index (χ0) is 19.4. The van der Waals surface area contributed by atoms with E-state index in [1.54, 1.807) is 37.3 Å². The number of hydrogen-bond donors (Lipinski definition) is 0. The first-order valence-corrected chi connectivity index (χ1v) is 12.2. The van der Waals surface area contributed by atoms with Gasteiger partial charge in [-0.15, -0.1) is 10.2 Å². The fraction of sp³-hybridized carbons (Fsp3) is 0.600. The summed E-state index contributed by atoms with van der Waals surface area (Å²) in [4.78, 5) is 0. The minimum atomic E-state index is -2.94. The lowest BCUT2D eigenvalue weighted by Gasteiger charge is -2.28. The first-order valence-electron chi connectivity index (χ1n) is 9.63. The minimum Gasteiger partial charge on any atom is -0.229 e. The lowest BCUT2D eigenvalue weighted by atomic mass is 9.81. The van der Waals surface area contributed by atoms with Crippen LogP contribution < -0.4 is 0 Å². The summed E-state index contributed by atoms with van der Waals surface area (Å²) >= 11 is 1.57. The molecule has 1 aliphatic carbocycles. The van der Waals surface area contributed by atoms with Crippen LogP contribution in [0, 0.1) is 17.7 Å². The normalized spacial score (nSPS) is 20.9. The highest BCUT2D eigenvalue weighted by Gasteiger charge is 2.27. The van der Waals surface area contributed by atoms with E-state index in [0.29, 0.717) is 17.6 Å². The molecule has 1 aromatic carbocycles. The van der Waals surface area contributed by atoms with Crippen molar-refractivity contribution in [2.75, 3.05) is 5.75 Å². The highest BCUT2D eigenvalue weighted by Crippen LogP contribution is 2.33. The predicted octanol–water partition coefficient (Wildman–Crippen LogP) is 4.91. The van der Waals surface area contributed by atoms with Crippen LogP contribution in [0.1, 0.15) is 51.0 Å². The van der Waals surface area contributed by atoms with E-state index < -0.39 is 9.84 Å². The number of benzene rings is 1. The zero-order valence-electron chi connectivity index (χ0n) is 15.9. The second-order valence-electron chi connectivity index (χ2n) is 7.81. The third-order valence-electron chi connectivity index (χ3n) is 5.48. The van der Waals surface area contributed by atoms with Gasteiger partial charge in [0.1, 0.15) is 15.8 Å². The molecule has 0 amide bonds. The minimum absolute atomic E-state index is 0.250. The van der Waals surface area contributed by atoms with Crippen LogP contribution in [-0.4, -0.2) is 29.6 Å². The Balaban J connectivity index is 1.46. The molecule has 27 heavy (non-hydrogen) atoms. The SMILES string of the molecule is CC(C)S(=O)(=O)CC1CCC(CCc2nnc(-c3ccc(F)cc3)s2)CC1. The number of rotatable bonds is 7. The van der Waals surface area contributed by atoms with Crippen molar-refractivity contribution in [1.82, 2.24) is 10.2 Å². The van der Waals surface area contributed by atoms with E-state index in [1.807, 2.05) is 0 Å². The van der Waals surface area contributed by atoms with Crippen LogP contribution in [0.15, 0.2) is 24.3 Å². The third kappa shape index (κ3) is 5.57. The van der Waals surface area contributed by atoms with Gasteiger partial charge in [0.2, 0.25) is 0 Å². The molecule has 148 valence electrons. The predicted molar refractivity (Wildman–Crippen MR) is 108 cm³/mol. The van der Waals surface area contributed by atoms with Gasteiger partial charge in [-0.1, -0.05) is 24.2 Å². The largest absolute Gasteiger partial charge is 0.229 e. The monoisotopic (exact) mass is 410 g/mol. The summed E-state index contributed by atoms with van der Waals surface area (Å²) < 4.78 is 37.2. The van der Waals surface area contributed by atoms with Crippen LogP contribution in [0.4, 0.5) is 4.39 Å². The Labute approximate surface area is 165 Å². The summed E-state index contributed by atoms with van der Waals surface area (Å²) in [5.74, 6) is 1.05. The zero-order valence-corrected chi connectivity index (χ0v) is 17.5. The Kier molecular flexibility index (Phi) is 6.63. The van der Waals surface area contributed by atoms with Crippen LogP contribution in [0.3, 0.4) is 0 Å². The molecule has 1 saturated carbocycles. The molecule has 0 N–H and O–H groups in total. The second kappa shape index (κ2) is 8.78. The summed E-state index contributed by atoms with van der Waals surface area (Å²) in [6, 6.07) is 6.33. The molecular weight excluding hydrogens is 383 g/mol. The van der Waals surface area contributed by atoms with Gasteiger partial charge in [0, 0.05) is 12.0 Å². The van der Waals surface area contributed by atoms with Crippen molar-refractivity contribution in [3.05, 3.63) is 35.1 Å².